The summed E-state index contributed by atoms with van der Waals surface area (Å²) >= 11 is 0. The molecule has 0 spiro atoms. The largest absolute Gasteiger partial charge is 0.573 e. The lowest BCUT2D eigenvalue weighted by molar-refractivity contribution is -0.274. The van der Waals surface area contributed by atoms with Crippen molar-refractivity contribution < 1.29 is 48.7 Å². The van der Waals surface area contributed by atoms with Gasteiger partial charge in [0, 0.05) is 17.3 Å². The van der Waals surface area contributed by atoms with E-state index in [2.05, 4.69) is 9.72 Å². The summed E-state index contributed by atoms with van der Waals surface area (Å²) in [6, 6.07) is 13.6. The smallest absolute Gasteiger partial charge is 0.445 e. The van der Waals surface area contributed by atoms with Gasteiger partial charge in [0.05, 0.1) is 21.7 Å². The normalized spacial score (nSPS) is 12.1. The van der Waals surface area contributed by atoms with Crippen LogP contribution < -0.4 is 13.3 Å². The number of halogens is 4. The zero-order valence-corrected chi connectivity index (χ0v) is 23.2. The molecule has 1 heterocycles. The Morgan fingerprint density at radius 3 is 1.93 bits per heavy atom. The van der Waals surface area contributed by atoms with E-state index in [0.717, 1.165) is 59.0 Å². The highest BCUT2D eigenvalue weighted by Crippen LogP contribution is 2.37. The maximum atomic E-state index is 13.6. The number of aromatic nitrogens is 1. The molecule has 0 fully saturated rings. The van der Waals surface area contributed by atoms with Gasteiger partial charge in [-0.3, -0.25) is 9.10 Å². The van der Waals surface area contributed by atoms with Crippen molar-refractivity contribution in [2.45, 2.75) is 23.1 Å². The number of nitrogens with zero attached hydrogens (tertiary/aromatic N) is 3. The zero-order chi connectivity index (χ0) is 30.7. The minimum Gasteiger partial charge on any atom is -0.445 e. The van der Waals surface area contributed by atoms with Crippen molar-refractivity contribution in [2.75, 3.05) is 21.9 Å². The highest BCUT2D eigenvalue weighted by Gasteiger charge is 2.33. The van der Waals surface area contributed by atoms with E-state index in [9.17, 15) is 39.2 Å². The van der Waals surface area contributed by atoms with Gasteiger partial charge in [-0.2, -0.15) is 0 Å². The molecule has 0 saturated carbocycles. The number of anilines is 2. The lowest BCUT2D eigenvalue weighted by atomic mass is 10.1. The number of ether oxygens (including phenoxy) is 2. The number of carbonyl (C=O) groups is 1. The molecule has 0 aliphatic rings. The fourth-order valence-corrected chi connectivity index (χ4v) is 6.83. The van der Waals surface area contributed by atoms with Gasteiger partial charge in [-0.1, -0.05) is 24.3 Å². The third kappa shape index (κ3) is 6.23. The van der Waals surface area contributed by atoms with E-state index in [1.165, 1.54) is 18.2 Å². The number of fused-ring (bicyclic) bond motifs is 1. The lowest BCUT2D eigenvalue weighted by Gasteiger charge is -2.27. The first-order valence-electron chi connectivity index (χ1n) is 11.9. The molecule has 0 N–H and O–H groups in total. The summed E-state index contributed by atoms with van der Waals surface area (Å²) in [4.78, 5) is 14.6. The Morgan fingerprint density at radius 2 is 1.38 bits per heavy atom. The van der Waals surface area contributed by atoms with Gasteiger partial charge in [0.1, 0.15) is 11.6 Å². The third-order valence-electron chi connectivity index (χ3n) is 5.85. The van der Waals surface area contributed by atoms with E-state index < -0.39 is 49.6 Å². The van der Waals surface area contributed by atoms with Crippen molar-refractivity contribution in [1.82, 2.24) is 4.98 Å². The molecular weight excluding hydrogens is 606 g/mol. The molecule has 4 aromatic rings. The van der Waals surface area contributed by atoms with Crippen LogP contribution in [0.15, 0.2) is 88.8 Å². The fourth-order valence-electron chi connectivity index (χ4n) is 4.05. The van der Waals surface area contributed by atoms with Gasteiger partial charge < -0.3 is 9.47 Å². The number of sulfonamides is 2. The molecule has 10 nitrogen and oxygen atoms in total. The van der Waals surface area contributed by atoms with Crippen molar-refractivity contribution >= 4 is 48.8 Å². The van der Waals surface area contributed by atoms with E-state index >= 15 is 0 Å². The summed E-state index contributed by atoms with van der Waals surface area (Å²) in [5, 5.41) is 0.383. The minimum absolute atomic E-state index is 0.00651. The summed E-state index contributed by atoms with van der Waals surface area (Å²) in [7, 11) is -8.83. The maximum absolute atomic E-state index is 13.6. The van der Waals surface area contributed by atoms with Crippen LogP contribution in [0, 0.1) is 5.82 Å². The van der Waals surface area contributed by atoms with Gasteiger partial charge in [0.25, 0.3) is 26.5 Å². The summed E-state index contributed by atoms with van der Waals surface area (Å²) in [5.41, 5.74) is 0.0727. The molecule has 0 amide bonds. The van der Waals surface area contributed by atoms with Gasteiger partial charge in [0.2, 0.25) is 0 Å². The minimum atomic E-state index is -4.99. The first-order valence-corrected chi connectivity index (χ1v) is 14.8. The molecule has 0 bridgehead atoms. The summed E-state index contributed by atoms with van der Waals surface area (Å²) in [5.74, 6) is -1.55. The lowest BCUT2D eigenvalue weighted by Crippen LogP contribution is -2.35. The predicted octanol–water partition coefficient (Wildman–Crippen LogP) is 4.81. The van der Waals surface area contributed by atoms with Crippen LogP contribution in [0.2, 0.25) is 0 Å². The summed E-state index contributed by atoms with van der Waals surface area (Å²) < 4.78 is 115. The van der Waals surface area contributed by atoms with Gasteiger partial charge in [-0.05, 0) is 55.5 Å². The number of alkyl halides is 3. The monoisotopic (exact) mass is 627 g/mol. The first kappa shape index (κ1) is 30.5. The van der Waals surface area contributed by atoms with Crippen molar-refractivity contribution in [2.24, 2.45) is 0 Å². The molecule has 3 aromatic carbocycles. The van der Waals surface area contributed by atoms with Crippen molar-refractivity contribution in [3.63, 3.8) is 0 Å². The Hall–Kier alpha value is -4.44. The molecule has 0 atom stereocenters. The van der Waals surface area contributed by atoms with E-state index in [0.29, 0.717) is 4.31 Å². The van der Waals surface area contributed by atoms with Gasteiger partial charge in [0.15, 0.2) is 12.5 Å². The highest BCUT2D eigenvalue weighted by atomic mass is 32.2. The molecule has 42 heavy (non-hydrogen) atoms. The molecule has 0 unspecified atom stereocenters. The summed E-state index contributed by atoms with van der Waals surface area (Å²) in [6.45, 7) is 0.611. The molecule has 0 saturated heterocycles. The maximum Gasteiger partial charge on any atom is 0.573 e. The van der Waals surface area contributed by atoms with E-state index in [-0.39, 0.29) is 40.2 Å². The Kier molecular flexibility index (Phi) is 8.58. The van der Waals surface area contributed by atoms with Gasteiger partial charge in [-0.25, -0.2) is 30.5 Å². The van der Waals surface area contributed by atoms with E-state index in [4.69, 9.17) is 4.74 Å². The molecule has 0 aliphatic carbocycles. The number of rotatable bonds is 11. The quantitative estimate of drug-likeness (QED) is 0.132. The second-order valence-corrected chi connectivity index (χ2v) is 12.1. The number of carbonyl (C=O) groups excluding carboxylic acids is 1. The number of benzene rings is 3. The second kappa shape index (κ2) is 11.8. The van der Waals surface area contributed by atoms with Crippen LogP contribution in [0.3, 0.4) is 0 Å². The van der Waals surface area contributed by atoms with Crippen molar-refractivity contribution in [3.05, 3.63) is 84.8 Å². The predicted molar refractivity (Wildman–Crippen MR) is 143 cm³/mol. The van der Waals surface area contributed by atoms with E-state index in [1.807, 2.05) is 0 Å². The van der Waals surface area contributed by atoms with Crippen LogP contribution in [-0.4, -0.2) is 47.9 Å². The van der Waals surface area contributed by atoms with Gasteiger partial charge in [-0.15, -0.1) is 13.2 Å². The van der Waals surface area contributed by atoms with Crippen LogP contribution in [0.5, 0.6) is 5.75 Å². The Bertz CT molecular complexity index is 1800. The molecule has 0 radical (unpaired) electrons. The van der Waals surface area contributed by atoms with Crippen LogP contribution in [0.1, 0.15) is 6.92 Å². The van der Waals surface area contributed by atoms with E-state index in [1.54, 1.807) is 13.0 Å². The van der Waals surface area contributed by atoms with Crippen molar-refractivity contribution in [3.8, 4) is 5.75 Å². The summed E-state index contributed by atoms with van der Waals surface area (Å²) in [6.07, 6.45) is -3.88. The van der Waals surface area contributed by atoms with Crippen LogP contribution in [-0.2, 0) is 29.6 Å². The fraction of sp³-hybridized carbons (Fsp3) is 0.154. The molecule has 16 heteroatoms. The Balaban J connectivity index is 1.84. The topological polar surface area (TPSA) is 123 Å². The first-order chi connectivity index (χ1) is 19.8. The van der Waals surface area contributed by atoms with Crippen LogP contribution in [0.25, 0.3) is 10.8 Å². The van der Waals surface area contributed by atoms with Crippen molar-refractivity contribution in [1.29, 1.82) is 0 Å². The average molecular weight is 628 g/mol. The molecule has 4 rings (SSSR count). The third-order valence-corrected chi connectivity index (χ3v) is 9.48. The molecular formula is C26H21F4N3O7S2. The zero-order valence-electron chi connectivity index (χ0n) is 21.5. The Morgan fingerprint density at radius 1 is 0.833 bits per heavy atom. The SMILES string of the molecule is CCN(c1cnc(N(COC=O)S(=O)(=O)c2ccc(OC(F)(F)F)cc2)c2ccccc12)S(=O)(=O)c1ccc(F)cc1. The highest BCUT2D eigenvalue weighted by molar-refractivity contribution is 7.93. The average Bonchev–Trinajstić information content (AvgIpc) is 2.94. The van der Waals surface area contributed by atoms with Gasteiger partial charge >= 0.3 is 6.36 Å². The number of hydrogen-bond donors (Lipinski definition) is 0. The molecule has 1 aromatic heterocycles. The number of hydrogen-bond acceptors (Lipinski definition) is 8. The molecule has 0 aliphatic heterocycles. The number of pyridine rings is 1. The second-order valence-electron chi connectivity index (χ2n) is 8.40. The molecule has 222 valence electrons. The standard InChI is InChI=1S/C26H21F4N3O7S2/c1-2-32(41(35,36)20-11-7-18(27)8-12-20)24-15-31-25(23-6-4-3-5-22(23)24)33(16-39-17-34)42(37,38)21-13-9-19(10-14-21)40-26(28,29)30/h3-15,17H,2,16H2,1H3. The van der Waals surface area contributed by atoms with Crippen LogP contribution >= 0.6 is 0 Å². The Labute approximate surface area is 237 Å². The van der Waals surface area contributed by atoms with Crippen LogP contribution in [0.4, 0.5) is 29.1 Å².